The minimum Gasteiger partial charge on any atom is -0.385 e. The van der Waals surface area contributed by atoms with Crippen LogP contribution in [0.2, 0.25) is 0 Å². The van der Waals surface area contributed by atoms with Gasteiger partial charge in [0.2, 0.25) is 5.91 Å². The van der Waals surface area contributed by atoms with Crippen molar-refractivity contribution in [2.75, 3.05) is 11.9 Å². The van der Waals surface area contributed by atoms with Crippen LogP contribution in [0.4, 0.5) is 14.5 Å². The van der Waals surface area contributed by atoms with E-state index in [2.05, 4.69) is 10.4 Å². The Kier molecular flexibility index (Phi) is 3.76. The number of para-hydroxylation sites is 1. The normalized spacial score (nSPS) is 21.7. The number of hydrogen-bond donors (Lipinski definition) is 1. The van der Waals surface area contributed by atoms with Gasteiger partial charge in [0, 0.05) is 36.7 Å². The van der Waals surface area contributed by atoms with Gasteiger partial charge in [-0.25, -0.2) is 13.8 Å². The number of hydrogen-bond acceptors (Lipinski definition) is 4. The number of thioether (sulfide) groups is 1. The lowest BCUT2D eigenvalue weighted by Crippen LogP contribution is -2.44. The third kappa shape index (κ3) is 2.50. The molecule has 2 aliphatic rings. The molecule has 0 aromatic heterocycles. The fourth-order valence-electron chi connectivity index (χ4n) is 3.30. The zero-order chi connectivity index (χ0) is 17.6. The van der Waals surface area contributed by atoms with E-state index in [-0.39, 0.29) is 11.5 Å². The lowest BCUT2D eigenvalue weighted by molar-refractivity contribution is -0.132. The second-order valence-corrected chi connectivity index (χ2v) is 7.24. The van der Waals surface area contributed by atoms with Gasteiger partial charge in [-0.3, -0.25) is 4.79 Å². The molecule has 25 heavy (non-hydrogen) atoms. The molecule has 1 N–H and O–H groups in total. The van der Waals surface area contributed by atoms with Crippen molar-refractivity contribution in [2.45, 2.75) is 18.2 Å². The summed E-state index contributed by atoms with van der Waals surface area (Å²) >= 11 is 1.30. The van der Waals surface area contributed by atoms with Crippen molar-refractivity contribution in [2.24, 2.45) is 5.10 Å². The molecule has 7 heteroatoms. The van der Waals surface area contributed by atoms with Gasteiger partial charge in [0.05, 0.1) is 0 Å². The van der Waals surface area contributed by atoms with Gasteiger partial charge in [0.1, 0.15) is 21.5 Å². The first-order valence-electron chi connectivity index (χ1n) is 7.88. The highest BCUT2D eigenvalue weighted by Gasteiger charge is 2.50. The molecule has 4 nitrogen and oxygen atoms in total. The molecule has 0 fully saturated rings. The predicted molar refractivity (Wildman–Crippen MR) is 94.2 cm³/mol. The molecule has 2 aliphatic heterocycles. The first-order chi connectivity index (χ1) is 12.0. The third-order valence-corrected chi connectivity index (χ3v) is 5.81. The van der Waals surface area contributed by atoms with E-state index in [4.69, 9.17) is 0 Å². The molecule has 2 aromatic carbocycles. The minimum absolute atomic E-state index is 0.0733. The van der Waals surface area contributed by atoms with Crippen molar-refractivity contribution < 1.29 is 13.6 Å². The van der Waals surface area contributed by atoms with Crippen LogP contribution < -0.4 is 5.32 Å². The second kappa shape index (κ2) is 5.84. The van der Waals surface area contributed by atoms with E-state index >= 15 is 0 Å². The third-order valence-electron chi connectivity index (χ3n) is 4.38. The zero-order valence-corrected chi connectivity index (χ0v) is 14.2. The van der Waals surface area contributed by atoms with Gasteiger partial charge in [0.15, 0.2) is 0 Å². The molecular formula is C18H15F2N3OS. The van der Waals surface area contributed by atoms with E-state index < -0.39 is 16.5 Å². The Hall–Kier alpha value is -2.41. The van der Waals surface area contributed by atoms with E-state index in [1.165, 1.54) is 23.7 Å². The van der Waals surface area contributed by atoms with Crippen LogP contribution in [0.25, 0.3) is 0 Å². The Labute approximate surface area is 147 Å². The molecule has 1 atom stereocenters. The van der Waals surface area contributed by atoms with Crippen molar-refractivity contribution in [3.63, 3.8) is 0 Å². The lowest BCUT2D eigenvalue weighted by Gasteiger charge is -2.39. The van der Waals surface area contributed by atoms with Crippen LogP contribution >= 0.6 is 11.8 Å². The Bertz CT molecular complexity index is 902. The number of fused-ring (bicyclic) bond motifs is 2. The number of carbonyl (C=O) groups excluding carboxylic acids is 1. The molecule has 2 heterocycles. The van der Waals surface area contributed by atoms with Crippen LogP contribution in [0, 0.1) is 11.6 Å². The lowest BCUT2D eigenvalue weighted by atomic mass is 9.96. The molecule has 0 unspecified atom stereocenters. The molecule has 1 spiro atoms. The topological polar surface area (TPSA) is 44.7 Å². The number of anilines is 1. The zero-order valence-electron chi connectivity index (χ0n) is 13.4. The molecule has 0 radical (unpaired) electrons. The van der Waals surface area contributed by atoms with Gasteiger partial charge < -0.3 is 5.32 Å². The Morgan fingerprint density at radius 2 is 2.08 bits per heavy atom. The summed E-state index contributed by atoms with van der Waals surface area (Å²) in [5.74, 6) is -1.34. The van der Waals surface area contributed by atoms with Gasteiger partial charge in [-0.1, -0.05) is 30.0 Å². The summed E-state index contributed by atoms with van der Waals surface area (Å²) in [7, 11) is 0. The monoisotopic (exact) mass is 359 g/mol. The van der Waals surface area contributed by atoms with Crippen LogP contribution in [0.1, 0.15) is 24.5 Å². The Morgan fingerprint density at radius 1 is 1.28 bits per heavy atom. The van der Waals surface area contributed by atoms with E-state index in [9.17, 15) is 13.6 Å². The maximum atomic E-state index is 14.2. The van der Waals surface area contributed by atoms with Crippen LogP contribution in [-0.4, -0.2) is 22.5 Å². The maximum absolute atomic E-state index is 14.2. The standard InChI is InChI=1S/C18H15F2N3OS/c1-11(24)23-18(8-9-21-16-5-3-2-4-14(16)18)25-17(22-23)13-10-12(19)6-7-15(13)20/h2-7,10,21H,8-9H2,1H3/t18-/m1/s1. The molecular weight excluding hydrogens is 344 g/mol. The van der Waals surface area contributed by atoms with Gasteiger partial charge in [0.25, 0.3) is 0 Å². The summed E-state index contributed by atoms with van der Waals surface area (Å²) < 4.78 is 27.8. The summed E-state index contributed by atoms with van der Waals surface area (Å²) in [5.41, 5.74) is 1.91. The second-order valence-electron chi connectivity index (χ2n) is 5.97. The predicted octanol–water partition coefficient (Wildman–Crippen LogP) is 3.89. The van der Waals surface area contributed by atoms with E-state index in [1.54, 1.807) is 0 Å². The number of halogens is 2. The van der Waals surface area contributed by atoms with Gasteiger partial charge in [-0.05, 0) is 24.3 Å². The number of carbonyl (C=O) groups is 1. The highest BCUT2D eigenvalue weighted by atomic mass is 32.2. The fraction of sp³-hybridized carbons (Fsp3) is 0.222. The van der Waals surface area contributed by atoms with Crippen LogP contribution in [0.15, 0.2) is 47.6 Å². The quantitative estimate of drug-likeness (QED) is 0.840. The summed E-state index contributed by atoms with van der Waals surface area (Å²) in [4.78, 5) is 11.5. The summed E-state index contributed by atoms with van der Waals surface area (Å²) in [6, 6.07) is 10.9. The van der Waals surface area contributed by atoms with E-state index in [0.717, 1.165) is 29.4 Å². The van der Waals surface area contributed by atoms with Gasteiger partial charge in [-0.2, -0.15) is 5.10 Å². The summed E-state index contributed by atoms with van der Waals surface area (Å²) in [6.45, 7) is 2.09. The van der Waals surface area contributed by atoms with Crippen molar-refractivity contribution >= 4 is 28.4 Å². The first kappa shape index (κ1) is 16.1. The maximum Gasteiger partial charge on any atom is 0.241 e. The Balaban J connectivity index is 1.85. The molecule has 0 bridgehead atoms. The minimum atomic E-state index is -0.748. The van der Waals surface area contributed by atoms with Crippen molar-refractivity contribution in [3.05, 3.63) is 65.2 Å². The van der Waals surface area contributed by atoms with Crippen molar-refractivity contribution in [1.29, 1.82) is 0 Å². The average Bonchev–Trinajstić information content (AvgIpc) is 2.98. The molecule has 0 saturated carbocycles. The number of benzene rings is 2. The average molecular weight is 359 g/mol. The Morgan fingerprint density at radius 3 is 2.88 bits per heavy atom. The molecule has 0 aliphatic carbocycles. The number of hydrazone groups is 1. The van der Waals surface area contributed by atoms with Gasteiger partial charge >= 0.3 is 0 Å². The highest BCUT2D eigenvalue weighted by molar-refractivity contribution is 8.15. The van der Waals surface area contributed by atoms with Gasteiger partial charge in [-0.15, -0.1) is 0 Å². The summed E-state index contributed by atoms with van der Waals surface area (Å²) in [5, 5.41) is 9.39. The number of rotatable bonds is 1. The largest absolute Gasteiger partial charge is 0.385 e. The summed E-state index contributed by atoms with van der Waals surface area (Å²) in [6.07, 6.45) is 0.609. The molecule has 2 aromatic rings. The van der Waals surface area contributed by atoms with Crippen LogP contribution in [0.3, 0.4) is 0 Å². The number of nitrogens with one attached hydrogen (secondary N) is 1. The van der Waals surface area contributed by atoms with Crippen molar-refractivity contribution in [1.82, 2.24) is 5.01 Å². The van der Waals surface area contributed by atoms with E-state index in [0.29, 0.717) is 18.0 Å². The van der Waals surface area contributed by atoms with Crippen molar-refractivity contribution in [3.8, 4) is 0 Å². The van der Waals surface area contributed by atoms with Crippen LogP contribution in [0.5, 0.6) is 0 Å². The number of amides is 1. The first-order valence-corrected chi connectivity index (χ1v) is 8.70. The highest BCUT2D eigenvalue weighted by Crippen LogP contribution is 2.53. The molecule has 1 amide bonds. The SMILES string of the molecule is CC(=O)N1N=C(c2cc(F)ccc2F)S[C@@]12CCNc1ccccc12. The smallest absolute Gasteiger partial charge is 0.241 e. The molecule has 128 valence electrons. The van der Waals surface area contributed by atoms with E-state index in [1.807, 2.05) is 24.3 Å². The molecule has 4 rings (SSSR count). The fourth-order valence-corrected chi connectivity index (χ4v) is 4.75. The van der Waals surface area contributed by atoms with Crippen LogP contribution in [-0.2, 0) is 9.67 Å². The number of nitrogens with zero attached hydrogens (tertiary/aromatic N) is 2. The molecule has 0 saturated heterocycles.